The first-order chi connectivity index (χ1) is 13.9. The molecule has 2 aromatic rings. The standard InChI is InChI=1S/C22H26FNO4S/c23-20-13-14-21(19(20)9-3-1-2-4-10-22(25)26)24-29(27,28)18-12-11-16-7-5-6-8-17(16)15-18/h1,3,5-8,11-12,15,19-21,24H,2,4,9-10,13-14H2,(H,25,26)/b3-1-/t19-,20+,21-/m0/s1. The SMILES string of the molecule is O=C(O)CCC/C=C\C[C@H]1[C@H](F)CC[C@@H]1NS(=O)(=O)c1ccc2ccccc2c1. The molecule has 7 heteroatoms. The molecule has 156 valence electrons. The highest BCUT2D eigenvalue weighted by Gasteiger charge is 2.37. The molecule has 3 atom stereocenters. The molecular formula is C22H26FNO4S. The number of carboxylic acid groups (broad SMARTS) is 1. The Balaban J connectivity index is 1.64. The number of unbranched alkanes of at least 4 members (excludes halogenated alkanes) is 1. The molecule has 5 nitrogen and oxygen atoms in total. The van der Waals surface area contributed by atoms with Gasteiger partial charge in [0.2, 0.25) is 10.0 Å². The lowest BCUT2D eigenvalue weighted by atomic mass is 9.98. The molecule has 2 N–H and O–H groups in total. The molecule has 0 aromatic heterocycles. The van der Waals surface area contributed by atoms with Gasteiger partial charge >= 0.3 is 5.97 Å². The van der Waals surface area contributed by atoms with E-state index in [1.807, 2.05) is 36.4 Å². The molecule has 0 radical (unpaired) electrons. The number of sulfonamides is 1. The first-order valence-electron chi connectivity index (χ1n) is 9.89. The maximum absolute atomic E-state index is 14.4. The van der Waals surface area contributed by atoms with Crippen molar-refractivity contribution in [3.8, 4) is 0 Å². The van der Waals surface area contributed by atoms with Gasteiger partial charge in [-0.1, -0.05) is 42.5 Å². The molecule has 0 amide bonds. The average Bonchev–Trinajstić information content (AvgIpc) is 3.02. The Morgan fingerprint density at radius 1 is 1.14 bits per heavy atom. The molecule has 0 aliphatic heterocycles. The molecule has 3 rings (SSSR count). The summed E-state index contributed by atoms with van der Waals surface area (Å²) in [5.74, 6) is -1.25. The van der Waals surface area contributed by atoms with E-state index in [9.17, 15) is 17.6 Å². The third-order valence-electron chi connectivity index (χ3n) is 5.41. The summed E-state index contributed by atoms with van der Waals surface area (Å²) < 4.78 is 42.8. The summed E-state index contributed by atoms with van der Waals surface area (Å²) >= 11 is 0. The van der Waals surface area contributed by atoms with Crippen LogP contribution in [0.15, 0.2) is 59.5 Å². The third kappa shape index (κ3) is 5.64. The van der Waals surface area contributed by atoms with Gasteiger partial charge in [-0.3, -0.25) is 4.79 Å². The molecule has 1 fully saturated rings. The number of allylic oxidation sites excluding steroid dienone is 2. The summed E-state index contributed by atoms with van der Waals surface area (Å²) in [6, 6.07) is 12.1. The van der Waals surface area contributed by atoms with Crippen LogP contribution in [0, 0.1) is 5.92 Å². The number of alkyl halides is 1. The fourth-order valence-corrected chi connectivity index (χ4v) is 5.18. The lowest BCUT2D eigenvalue weighted by Gasteiger charge is -2.21. The zero-order valence-electron chi connectivity index (χ0n) is 16.1. The van der Waals surface area contributed by atoms with Gasteiger partial charge in [-0.25, -0.2) is 17.5 Å². The van der Waals surface area contributed by atoms with Gasteiger partial charge in [0, 0.05) is 18.4 Å². The van der Waals surface area contributed by atoms with Crippen molar-refractivity contribution < 1.29 is 22.7 Å². The lowest BCUT2D eigenvalue weighted by molar-refractivity contribution is -0.137. The van der Waals surface area contributed by atoms with Crippen LogP contribution in [-0.4, -0.2) is 31.7 Å². The molecule has 2 aromatic carbocycles. The summed E-state index contributed by atoms with van der Waals surface area (Å²) in [4.78, 5) is 10.7. The molecule has 0 saturated heterocycles. The minimum Gasteiger partial charge on any atom is -0.481 e. The topological polar surface area (TPSA) is 83.5 Å². The largest absolute Gasteiger partial charge is 0.481 e. The van der Waals surface area contributed by atoms with Crippen molar-refractivity contribution in [2.24, 2.45) is 5.92 Å². The van der Waals surface area contributed by atoms with E-state index in [2.05, 4.69) is 4.72 Å². The molecule has 0 unspecified atom stereocenters. The molecule has 1 aliphatic rings. The van der Waals surface area contributed by atoms with E-state index in [0.29, 0.717) is 32.1 Å². The average molecular weight is 420 g/mol. The molecule has 0 spiro atoms. The van der Waals surface area contributed by atoms with E-state index in [-0.39, 0.29) is 11.3 Å². The Hall–Kier alpha value is -2.25. The highest BCUT2D eigenvalue weighted by atomic mass is 32.2. The van der Waals surface area contributed by atoms with Crippen LogP contribution in [0.5, 0.6) is 0 Å². The van der Waals surface area contributed by atoms with Crippen LogP contribution in [0.1, 0.15) is 38.5 Å². The van der Waals surface area contributed by atoms with Gasteiger partial charge in [0.05, 0.1) is 4.90 Å². The second-order valence-corrected chi connectivity index (χ2v) is 9.20. The number of benzene rings is 2. The molecular weight excluding hydrogens is 393 g/mol. The van der Waals surface area contributed by atoms with E-state index in [1.54, 1.807) is 18.2 Å². The van der Waals surface area contributed by atoms with E-state index in [4.69, 9.17) is 5.11 Å². The number of rotatable bonds is 9. The van der Waals surface area contributed by atoms with Gasteiger partial charge in [-0.2, -0.15) is 0 Å². The maximum Gasteiger partial charge on any atom is 0.303 e. The second kappa shape index (κ2) is 9.50. The number of hydrogen-bond donors (Lipinski definition) is 2. The number of carboxylic acids is 1. The quantitative estimate of drug-likeness (QED) is 0.465. The van der Waals surface area contributed by atoms with Crippen molar-refractivity contribution in [1.29, 1.82) is 0 Å². The van der Waals surface area contributed by atoms with Crippen LogP contribution in [-0.2, 0) is 14.8 Å². The van der Waals surface area contributed by atoms with Crippen molar-refractivity contribution in [3.63, 3.8) is 0 Å². The maximum atomic E-state index is 14.4. The summed E-state index contributed by atoms with van der Waals surface area (Å²) in [5.41, 5.74) is 0. The van der Waals surface area contributed by atoms with Crippen LogP contribution in [0.2, 0.25) is 0 Å². The number of nitrogens with one attached hydrogen (secondary N) is 1. The van der Waals surface area contributed by atoms with E-state index in [1.165, 1.54) is 0 Å². The van der Waals surface area contributed by atoms with E-state index >= 15 is 0 Å². The summed E-state index contributed by atoms with van der Waals surface area (Å²) in [7, 11) is -3.75. The normalized spacial score (nSPS) is 22.4. The zero-order chi connectivity index (χ0) is 20.9. The van der Waals surface area contributed by atoms with Crippen molar-refractivity contribution in [3.05, 3.63) is 54.6 Å². The van der Waals surface area contributed by atoms with Gasteiger partial charge < -0.3 is 5.11 Å². The van der Waals surface area contributed by atoms with Gasteiger partial charge in [0.15, 0.2) is 0 Å². The highest BCUT2D eigenvalue weighted by molar-refractivity contribution is 7.89. The van der Waals surface area contributed by atoms with Gasteiger partial charge in [-0.15, -0.1) is 0 Å². The Labute approximate surface area is 170 Å². The Kier molecular flexibility index (Phi) is 7.03. The predicted molar refractivity (Wildman–Crippen MR) is 111 cm³/mol. The van der Waals surface area contributed by atoms with Crippen LogP contribution in [0.3, 0.4) is 0 Å². The van der Waals surface area contributed by atoms with Crippen LogP contribution < -0.4 is 4.72 Å². The summed E-state index contributed by atoms with van der Waals surface area (Å²) in [5, 5.41) is 10.4. The van der Waals surface area contributed by atoms with Crippen LogP contribution in [0.4, 0.5) is 4.39 Å². The lowest BCUT2D eigenvalue weighted by Crippen LogP contribution is -2.38. The highest BCUT2D eigenvalue weighted by Crippen LogP contribution is 2.33. The molecule has 0 heterocycles. The van der Waals surface area contributed by atoms with Crippen molar-refractivity contribution in [1.82, 2.24) is 4.72 Å². The zero-order valence-corrected chi connectivity index (χ0v) is 16.9. The molecule has 0 bridgehead atoms. The van der Waals surface area contributed by atoms with Crippen molar-refractivity contribution >= 4 is 26.8 Å². The summed E-state index contributed by atoms with van der Waals surface area (Å²) in [6.07, 6.45) is 5.12. The smallest absolute Gasteiger partial charge is 0.303 e. The molecule has 1 saturated carbocycles. The second-order valence-electron chi connectivity index (χ2n) is 7.49. The fraction of sp³-hybridized carbons (Fsp3) is 0.409. The van der Waals surface area contributed by atoms with E-state index < -0.39 is 34.1 Å². The van der Waals surface area contributed by atoms with Crippen molar-refractivity contribution in [2.75, 3.05) is 0 Å². The Morgan fingerprint density at radius 3 is 2.66 bits per heavy atom. The number of fused-ring (bicyclic) bond motifs is 1. The van der Waals surface area contributed by atoms with Crippen molar-refractivity contribution in [2.45, 2.75) is 55.6 Å². The first kappa shape index (κ1) is 21.5. The monoisotopic (exact) mass is 419 g/mol. The fourth-order valence-electron chi connectivity index (χ4n) is 3.82. The minimum atomic E-state index is -3.75. The van der Waals surface area contributed by atoms with Gasteiger partial charge in [0.1, 0.15) is 6.17 Å². The number of carbonyl (C=O) groups is 1. The minimum absolute atomic E-state index is 0.105. The van der Waals surface area contributed by atoms with Crippen LogP contribution in [0.25, 0.3) is 10.8 Å². The number of halogens is 1. The van der Waals surface area contributed by atoms with E-state index in [0.717, 1.165) is 10.8 Å². The predicted octanol–water partition coefficient (Wildman–Crippen LogP) is 4.44. The third-order valence-corrected chi connectivity index (χ3v) is 6.90. The molecule has 29 heavy (non-hydrogen) atoms. The molecule has 1 aliphatic carbocycles. The number of hydrogen-bond acceptors (Lipinski definition) is 3. The van der Waals surface area contributed by atoms with Gasteiger partial charge in [0.25, 0.3) is 0 Å². The Morgan fingerprint density at radius 2 is 1.90 bits per heavy atom. The number of aliphatic carboxylic acids is 1. The first-order valence-corrected chi connectivity index (χ1v) is 11.4. The summed E-state index contributed by atoms with van der Waals surface area (Å²) in [6.45, 7) is 0. The Bertz CT molecular complexity index is 989. The van der Waals surface area contributed by atoms with Crippen LogP contribution >= 0.6 is 0 Å². The van der Waals surface area contributed by atoms with Gasteiger partial charge in [-0.05, 0) is 55.0 Å².